The Hall–Kier alpha value is -3.33. The van der Waals surface area contributed by atoms with Crippen LogP contribution in [-0.2, 0) is 4.74 Å². The highest BCUT2D eigenvalue weighted by Gasteiger charge is 2.21. The van der Waals surface area contributed by atoms with Crippen LogP contribution in [0.2, 0.25) is 0 Å². The monoisotopic (exact) mass is 441 g/mol. The van der Waals surface area contributed by atoms with Gasteiger partial charge in [-0.1, -0.05) is 18.2 Å². The molecule has 0 aliphatic carbocycles. The number of aromatic nitrogens is 3. The van der Waals surface area contributed by atoms with Gasteiger partial charge in [-0.05, 0) is 25.1 Å². The van der Waals surface area contributed by atoms with Gasteiger partial charge in [0, 0.05) is 42.1 Å². The number of halogens is 3. The summed E-state index contributed by atoms with van der Waals surface area (Å²) >= 11 is 0. The number of anilines is 2. The minimum absolute atomic E-state index is 0.158. The molecule has 1 unspecified atom stereocenters. The molecule has 1 atom stereocenters. The standard InChI is InChI=1S/C23H22F3N5O/c1-14(16-3-2-4-17(20(16)24)21(25)26)28-22-18-13-15(30-9-11-32-12-10-30)5-6-19(18)31-8-7-27-23(31)29-22/h2-8,13-14,21H,9-12H2,1H3,(H,27,28,29). The van der Waals surface area contributed by atoms with Gasteiger partial charge < -0.3 is 15.0 Å². The maximum atomic E-state index is 14.7. The molecule has 0 saturated carbocycles. The number of hydrogen-bond donors (Lipinski definition) is 1. The first-order valence-corrected chi connectivity index (χ1v) is 10.5. The zero-order chi connectivity index (χ0) is 22.2. The zero-order valence-electron chi connectivity index (χ0n) is 17.4. The number of benzene rings is 2. The van der Waals surface area contributed by atoms with E-state index in [2.05, 4.69) is 20.2 Å². The fourth-order valence-corrected chi connectivity index (χ4v) is 4.13. The van der Waals surface area contributed by atoms with Gasteiger partial charge in [0.2, 0.25) is 5.78 Å². The van der Waals surface area contributed by atoms with Crippen molar-refractivity contribution in [3.63, 3.8) is 0 Å². The number of nitrogens with one attached hydrogen (secondary N) is 1. The maximum absolute atomic E-state index is 14.7. The topological polar surface area (TPSA) is 54.7 Å². The minimum Gasteiger partial charge on any atom is -0.378 e. The molecule has 1 fully saturated rings. The Morgan fingerprint density at radius 1 is 1.09 bits per heavy atom. The summed E-state index contributed by atoms with van der Waals surface area (Å²) in [7, 11) is 0. The van der Waals surface area contributed by atoms with Gasteiger partial charge in [-0.15, -0.1) is 0 Å². The average molecular weight is 441 g/mol. The van der Waals surface area contributed by atoms with Gasteiger partial charge >= 0.3 is 0 Å². The molecule has 1 N–H and O–H groups in total. The smallest absolute Gasteiger partial charge is 0.266 e. The van der Waals surface area contributed by atoms with Gasteiger partial charge in [-0.3, -0.25) is 4.40 Å². The molecule has 2 aromatic heterocycles. The number of alkyl halides is 2. The van der Waals surface area contributed by atoms with Crippen molar-refractivity contribution in [1.29, 1.82) is 0 Å². The molecular weight excluding hydrogens is 419 g/mol. The molecule has 6 nitrogen and oxygen atoms in total. The Balaban J connectivity index is 1.58. The molecule has 3 heterocycles. The molecule has 0 bridgehead atoms. The lowest BCUT2D eigenvalue weighted by Gasteiger charge is -2.29. The van der Waals surface area contributed by atoms with Crippen LogP contribution in [0.5, 0.6) is 0 Å². The number of imidazole rings is 1. The van der Waals surface area contributed by atoms with Crippen molar-refractivity contribution in [2.75, 3.05) is 36.5 Å². The highest BCUT2D eigenvalue weighted by molar-refractivity contribution is 5.93. The second-order valence-electron chi connectivity index (χ2n) is 7.78. The molecule has 0 amide bonds. The maximum Gasteiger partial charge on any atom is 0.266 e. The molecule has 1 aliphatic heterocycles. The molecule has 1 saturated heterocycles. The van der Waals surface area contributed by atoms with Crippen molar-refractivity contribution in [3.05, 3.63) is 65.7 Å². The fraction of sp³-hybridized carbons (Fsp3) is 0.304. The normalized spacial score (nSPS) is 15.6. The van der Waals surface area contributed by atoms with Crippen LogP contribution in [0.15, 0.2) is 48.8 Å². The Morgan fingerprint density at radius 2 is 1.88 bits per heavy atom. The lowest BCUT2D eigenvalue weighted by atomic mass is 10.0. The van der Waals surface area contributed by atoms with Crippen molar-refractivity contribution in [2.24, 2.45) is 0 Å². The summed E-state index contributed by atoms with van der Waals surface area (Å²) in [6.45, 7) is 4.63. The summed E-state index contributed by atoms with van der Waals surface area (Å²) in [6, 6.07) is 9.56. The van der Waals surface area contributed by atoms with Gasteiger partial charge in [-0.25, -0.2) is 18.2 Å². The minimum atomic E-state index is -2.88. The number of nitrogens with zero attached hydrogens (tertiary/aromatic N) is 4. The summed E-state index contributed by atoms with van der Waals surface area (Å²) in [5, 5.41) is 4.06. The molecule has 0 spiro atoms. The third-order valence-electron chi connectivity index (χ3n) is 5.82. The van der Waals surface area contributed by atoms with E-state index in [1.54, 1.807) is 13.1 Å². The first-order valence-electron chi connectivity index (χ1n) is 10.5. The lowest BCUT2D eigenvalue weighted by molar-refractivity contribution is 0.122. The van der Waals surface area contributed by atoms with Crippen LogP contribution in [-0.4, -0.2) is 40.7 Å². The zero-order valence-corrected chi connectivity index (χ0v) is 17.4. The molecule has 32 heavy (non-hydrogen) atoms. The predicted molar refractivity (Wildman–Crippen MR) is 117 cm³/mol. The number of morpholine rings is 1. The van der Waals surface area contributed by atoms with Crippen LogP contribution >= 0.6 is 0 Å². The number of hydrogen-bond acceptors (Lipinski definition) is 5. The Bertz CT molecular complexity index is 1270. The van der Waals surface area contributed by atoms with Crippen molar-refractivity contribution < 1.29 is 17.9 Å². The van der Waals surface area contributed by atoms with Crippen LogP contribution in [0.3, 0.4) is 0 Å². The van der Waals surface area contributed by atoms with E-state index in [1.165, 1.54) is 12.1 Å². The Labute approximate surface area is 182 Å². The predicted octanol–water partition coefficient (Wildman–Crippen LogP) is 4.97. The highest BCUT2D eigenvalue weighted by atomic mass is 19.3. The van der Waals surface area contributed by atoms with Crippen molar-refractivity contribution >= 4 is 28.2 Å². The van der Waals surface area contributed by atoms with E-state index in [0.717, 1.165) is 35.7 Å². The Morgan fingerprint density at radius 3 is 2.66 bits per heavy atom. The van der Waals surface area contributed by atoms with Gasteiger partial charge in [0.1, 0.15) is 11.6 Å². The van der Waals surface area contributed by atoms with Crippen molar-refractivity contribution in [1.82, 2.24) is 14.4 Å². The van der Waals surface area contributed by atoms with Gasteiger partial charge in [-0.2, -0.15) is 4.98 Å². The number of rotatable bonds is 5. The van der Waals surface area contributed by atoms with Gasteiger partial charge in [0.25, 0.3) is 6.43 Å². The SMILES string of the molecule is CC(Nc1nc2nccn2c2ccc(N3CCOCC3)cc12)c1cccc(C(F)F)c1F. The van der Waals surface area contributed by atoms with E-state index in [-0.39, 0.29) is 5.56 Å². The van der Waals surface area contributed by atoms with E-state index < -0.39 is 23.8 Å². The van der Waals surface area contributed by atoms with E-state index >= 15 is 0 Å². The van der Waals surface area contributed by atoms with Crippen molar-refractivity contribution in [3.8, 4) is 0 Å². The molecule has 166 valence electrons. The molecule has 9 heteroatoms. The Kier molecular flexibility index (Phi) is 5.34. The molecular formula is C23H22F3N5O. The molecule has 5 rings (SSSR count). The molecule has 2 aromatic carbocycles. The van der Waals surface area contributed by atoms with E-state index in [9.17, 15) is 13.2 Å². The molecule has 4 aromatic rings. The van der Waals surface area contributed by atoms with Crippen molar-refractivity contribution in [2.45, 2.75) is 19.4 Å². The second-order valence-corrected chi connectivity index (χ2v) is 7.78. The first kappa shape index (κ1) is 20.6. The van der Waals surface area contributed by atoms with E-state index in [4.69, 9.17) is 4.74 Å². The third kappa shape index (κ3) is 3.62. The van der Waals surface area contributed by atoms with Crippen LogP contribution < -0.4 is 10.2 Å². The van der Waals surface area contributed by atoms with Gasteiger partial charge in [0.05, 0.1) is 30.3 Å². The number of fused-ring (bicyclic) bond motifs is 3. The number of ether oxygens (including phenoxy) is 1. The average Bonchev–Trinajstić information content (AvgIpc) is 3.28. The summed E-state index contributed by atoms with van der Waals surface area (Å²) in [6.07, 6.45) is 0.618. The van der Waals surface area contributed by atoms with Gasteiger partial charge in [0.15, 0.2) is 0 Å². The summed E-state index contributed by atoms with van der Waals surface area (Å²) < 4.78 is 48.4. The summed E-state index contributed by atoms with van der Waals surface area (Å²) in [5.41, 5.74) is 1.47. The lowest BCUT2D eigenvalue weighted by Crippen LogP contribution is -2.36. The highest BCUT2D eigenvalue weighted by Crippen LogP contribution is 2.32. The van der Waals surface area contributed by atoms with Crippen LogP contribution in [0.4, 0.5) is 24.7 Å². The largest absolute Gasteiger partial charge is 0.378 e. The van der Waals surface area contributed by atoms with Crippen LogP contribution in [0.1, 0.15) is 30.5 Å². The first-order chi connectivity index (χ1) is 15.5. The summed E-state index contributed by atoms with van der Waals surface area (Å²) in [4.78, 5) is 11.2. The van der Waals surface area contributed by atoms with E-state index in [1.807, 2.05) is 28.8 Å². The summed E-state index contributed by atoms with van der Waals surface area (Å²) in [5.74, 6) is 0.110. The quantitative estimate of drug-likeness (QED) is 0.474. The fourth-order valence-electron chi connectivity index (χ4n) is 4.13. The second kappa shape index (κ2) is 8.31. The molecule has 0 radical (unpaired) electrons. The molecule has 1 aliphatic rings. The van der Waals surface area contributed by atoms with E-state index in [0.29, 0.717) is 24.8 Å². The van der Waals surface area contributed by atoms with Crippen LogP contribution in [0, 0.1) is 5.82 Å². The van der Waals surface area contributed by atoms with Crippen LogP contribution in [0.25, 0.3) is 16.7 Å². The third-order valence-corrected chi connectivity index (χ3v) is 5.82.